The fraction of sp³-hybridized carbons (Fsp3) is 0.385. The van der Waals surface area contributed by atoms with Gasteiger partial charge in [0.1, 0.15) is 6.54 Å². The summed E-state index contributed by atoms with van der Waals surface area (Å²) in [6.07, 6.45) is 3.76. The maximum Gasteiger partial charge on any atom is 0.361 e. The molecule has 10 heteroatoms. The molecule has 9 nitrogen and oxygen atoms in total. The van der Waals surface area contributed by atoms with Crippen LogP contribution in [-0.2, 0) is 22.5 Å². The summed E-state index contributed by atoms with van der Waals surface area (Å²) in [5, 5.41) is 0. The predicted octanol–water partition coefficient (Wildman–Crippen LogP) is 0.0169. The molecular formula is C26H30BrNO8. The Bertz CT molecular complexity index is 1200. The predicted molar refractivity (Wildman–Crippen MR) is 127 cm³/mol. The van der Waals surface area contributed by atoms with Gasteiger partial charge in [-0.25, -0.2) is 4.79 Å². The Morgan fingerprint density at radius 2 is 1.72 bits per heavy atom. The molecule has 2 aliphatic heterocycles. The van der Waals surface area contributed by atoms with Gasteiger partial charge in [0.2, 0.25) is 12.5 Å². The first-order chi connectivity index (χ1) is 16.9. The SMILES string of the molecule is COC(=O)C[N+]1(C)CCc2c(c(OC)c3c(c2C(=O)C=Cc2cccc(OC)c2OC)OCO3)C1.[Br-]. The van der Waals surface area contributed by atoms with Crippen LogP contribution in [0.2, 0.25) is 0 Å². The molecule has 0 aromatic heterocycles. The molecule has 0 fully saturated rings. The largest absolute Gasteiger partial charge is 1.00 e. The van der Waals surface area contributed by atoms with Gasteiger partial charge in [-0.2, -0.15) is 0 Å². The summed E-state index contributed by atoms with van der Waals surface area (Å²) >= 11 is 0. The molecule has 2 aromatic rings. The minimum Gasteiger partial charge on any atom is -1.00 e. The van der Waals surface area contributed by atoms with Gasteiger partial charge >= 0.3 is 5.97 Å². The van der Waals surface area contributed by atoms with Gasteiger partial charge in [-0.15, -0.1) is 0 Å². The molecule has 194 valence electrons. The lowest BCUT2D eigenvalue weighted by atomic mass is 9.88. The van der Waals surface area contributed by atoms with Crippen molar-refractivity contribution in [2.45, 2.75) is 13.0 Å². The number of ether oxygens (including phenoxy) is 6. The molecule has 4 rings (SSSR count). The summed E-state index contributed by atoms with van der Waals surface area (Å²) in [7, 11) is 8.05. The molecule has 0 aliphatic carbocycles. The number of benzene rings is 2. The molecule has 1 atom stereocenters. The number of halogens is 1. The van der Waals surface area contributed by atoms with Crippen molar-refractivity contribution in [3.05, 3.63) is 46.5 Å². The van der Waals surface area contributed by atoms with E-state index >= 15 is 0 Å². The van der Waals surface area contributed by atoms with Gasteiger partial charge in [-0.3, -0.25) is 4.79 Å². The van der Waals surface area contributed by atoms with Gasteiger partial charge in [0, 0.05) is 12.0 Å². The maximum atomic E-state index is 13.6. The van der Waals surface area contributed by atoms with Crippen molar-refractivity contribution in [2.75, 3.05) is 55.4 Å². The molecule has 2 aliphatic rings. The van der Waals surface area contributed by atoms with Crippen LogP contribution in [0.3, 0.4) is 0 Å². The van der Waals surface area contributed by atoms with E-state index in [0.29, 0.717) is 63.9 Å². The fourth-order valence-electron chi connectivity index (χ4n) is 4.76. The van der Waals surface area contributed by atoms with Gasteiger partial charge in [0.15, 0.2) is 35.3 Å². The van der Waals surface area contributed by atoms with Crippen molar-refractivity contribution < 1.29 is 59.5 Å². The molecule has 0 spiro atoms. The third-order valence-corrected chi connectivity index (χ3v) is 6.46. The number of likely N-dealkylation sites (N-methyl/N-ethyl adjacent to an activating group) is 1. The summed E-state index contributed by atoms with van der Waals surface area (Å²) in [4.78, 5) is 25.6. The Kier molecular flexibility index (Phi) is 8.52. The summed E-state index contributed by atoms with van der Waals surface area (Å²) < 4.78 is 33.3. The summed E-state index contributed by atoms with van der Waals surface area (Å²) in [5.74, 6) is 1.93. The Labute approximate surface area is 220 Å². The van der Waals surface area contributed by atoms with Crippen molar-refractivity contribution in [1.29, 1.82) is 0 Å². The maximum absolute atomic E-state index is 13.6. The van der Waals surface area contributed by atoms with Crippen LogP contribution in [0, 0.1) is 0 Å². The minimum atomic E-state index is -0.290. The molecule has 2 heterocycles. The van der Waals surface area contributed by atoms with Crippen LogP contribution in [-0.4, -0.2) is 71.6 Å². The second-order valence-electron chi connectivity index (χ2n) is 8.70. The lowest BCUT2D eigenvalue weighted by molar-refractivity contribution is -0.917. The van der Waals surface area contributed by atoms with Crippen LogP contribution in [0.1, 0.15) is 27.0 Å². The summed E-state index contributed by atoms with van der Waals surface area (Å²) in [5.41, 5.74) is 2.85. The van der Waals surface area contributed by atoms with E-state index in [1.54, 1.807) is 33.5 Å². The Morgan fingerprint density at radius 1 is 1.00 bits per heavy atom. The number of esters is 1. The lowest BCUT2D eigenvalue weighted by Gasteiger charge is -2.38. The molecular weight excluding hydrogens is 534 g/mol. The highest BCUT2D eigenvalue weighted by Gasteiger charge is 2.40. The van der Waals surface area contributed by atoms with Gasteiger partial charge in [-0.05, 0) is 23.8 Å². The average molecular weight is 564 g/mol. The highest BCUT2D eigenvalue weighted by molar-refractivity contribution is 6.11. The molecule has 0 radical (unpaired) electrons. The quantitative estimate of drug-likeness (QED) is 0.192. The molecule has 0 amide bonds. The zero-order valence-corrected chi connectivity index (χ0v) is 22.6. The number of para-hydroxylation sites is 1. The van der Waals surface area contributed by atoms with Crippen molar-refractivity contribution in [2.24, 2.45) is 0 Å². The van der Waals surface area contributed by atoms with E-state index < -0.39 is 0 Å². The van der Waals surface area contributed by atoms with E-state index in [4.69, 9.17) is 28.4 Å². The second kappa shape index (κ2) is 11.2. The average Bonchev–Trinajstić information content (AvgIpc) is 3.34. The zero-order chi connectivity index (χ0) is 25.2. The number of rotatable bonds is 8. The highest BCUT2D eigenvalue weighted by Crippen LogP contribution is 2.50. The number of nitrogens with zero attached hydrogens (tertiary/aromatic N) is 1. The smallest absolute Gasteiger partial charge is 0.361 e. The Balaban J connectivity index is 0.00000361. The highest BCUT2D eigenvalue weighted by atomic mass is 79.9. The molecule has 36 heavy (non-hydrogen) atoms. The van der Waals surface area contributed by atoms with Crippen LogP contribution in [0.15, 0.2) is 24.3 Å². The van der Waals surface area contributed by atoms with E-state index in [-0.39, 0.29) is 42.1 Å². The Morgan fingerprint density at radius 3 is 2.39 bits per heavy atom. The first kappa shape index (κ1) is 27.3. The number of hydrogen-bond donors (Lipinski definition) is 0. The third kappa shape index (κ3) is 5.01. The van der Waals surface area contributed by atoms with Crippen molar-refractivity contribution in [3.63, 3.8) is 0 Å². The van der Waals surface area contributed by atoms with Crippen LogP contribution < -0.4 is 40.7 Å². The van der Waals surface area contributed by atoms with Crippen LogP contribution in [0.5, 0.6) is 28.7 Å². The molecule has 0 N–H and O–H groups in total. The van der Waals surface area contributed by atoms with E-state index in [2.05, 4.69) is 0 Å². The van der Waals surface area contributed by atoms with Crippen LogP contribution >= 0.6 is 0 Å². The van der Waals surface area contributed by atoms with Gasteiger partial charge in [0.25, 0.3) is 0 Å². The second-order valence-corrected chi connectivity index (χ2v) is 8.70. The van der Waals surface area contributed by atoms with E-state index in [1.165, 1.54) is 13.2 Å². The monoisotopic (exact) mass is 563 g/mol. The van der Waals surface area contributed by atoms with Gasteiger partial charge in [0.05, 0.1) is 53.2 Å². The molecule has 0 bridgehead atoms. The van der Waals surface area contributed by atoms with Crippen molar-refractivity contribution in [1.82, 2.24) is 0 Å². The number of ketones is 1. The first-order valence-corrected chi connectivity index (χ1v) is 11.2. The lowest BCUT2D eigenvalue weighted by Crippen LogP contribution is -3.00. The summed E-state index contributed by atoms with van der Waals surface area (Å²) in [6.45, 7) is 1.35. The standard InChI is InChI=1S/C26H30NO8.BrH/c1-27(14-21(29)31-3)12-11-17-18(13-27)24(33-5)26-25(34-15-35-26)22(17)19(28)10-9-16-7-6-8-20(30-2)23(16)32-4;/h6-10H,11-15H2,1-5H3;1H/q+1;/p-1. The normalized spacial score (nSPS) is 17.7. The third-order valence-electron chi connectivity index (χ3n) is 6.46. The fourth-order valence-corrected chi connectivity index (χ4v) is 4.76. The van der Waals surface area contributed by atoms with Crippen molar-refractivity contribution >= 4 is 17.8 Å². The number of quaternary nitrogens is 1. The van der Waals surface area contributed by atoms with Gasteiger partial charge < -0.3 is 49.9 Å². The molecule has 1 unspecified atom stereocenters. The van der Waals surface area contributed by atoms with Crippen LogP contribution in [0.4, 0.5) is 0 Å². The van der Waals surface area contributed by atoms with Crippen molar-refractivity contribution in [3.8, 4) is 28.7 Å². The minimum absolute atomic E-state index is 0. The molecule has 0 saturated heterocycles. The van der Waals surface area contributed by atoms with Crippen LogP contribution in [0.25, 0.3) is 6.08 Å². The van der Waals surface area contributed by atoms with Gasteiger partial charge in [-0.1, -0.05) is 12.1 Å². The van der Waals surface area contributed by atoms with E-state index in [9.17, 15) is 9.59 Å². The molecule has 0 saturated carbocycles. The zero-order valence-electron chi connectivity index (χ0n) is 21.0. The number of carbonyl (C=O) groups excluding carboxylic acids is 2. The number of allylic oxidation sites excluding steroid dienone is 1. The number of methoxy groups -OCH3 is 4. The Hall–Kier alpha value is -3.24. The van der Waals surface area contributed by atoms with E-state index in [1.807, 2.05) is 19.2 Å². The number of hydrogen-bond acceptors (Lipinski definition) is 8. The number of fused-ring (bicyclic) bond motifs is 2. The topological polar surface area (TPSA) is 89.5 Å². The molecule has 2 aromatic carbocycles. The number of carbonyl (C=O) groups is 2. The van der Waals surface area contributed by atoms with E-state index in [0.717, 1.165) is 11.1 Å². The first-order valence-electron chi connectivity index (χ1n) is 11.2. The summed E-state index contributed by atoms with van der Waals surface area (Å²) in [6, 6.07) is 5.46.